The third-order valence-corrected chi connectivity index (χ3v) is 5.32. The second-order valence-corrected chi connectivity index (χ2v) is 7.51. The summed E-state index contributed by atoms with van der Waals surface area (Å²) in [6.45, 7) is 12.1. The van der Waals surface area contributed by atoms with Gasteiger partial charge in [-0.2, -0.15) is 10.2 Å². The molecule has 0 aliphatic rings. The maximum atomic E-state index is 4.55. The number of H-pyrrole nitrogens is 2. The van der Waals surface area contributed by atoms with Crippen molar-refractivity contribution in [2.24, 2.45) is 7.05 Å². The van der Waals surface area contributed by atoms with Crippen LogP contribution < -0.4 is 10.6 Å². The molecule has 0 radical (unpaired) electrons. The minimum atomic E-state index is 0.753. The second kappa shape index (κ2) is 8.89. The predicted octanol–water partition coefficient (Wildman–Crippen LogP) is 3.75. The average Bonchev–Trinajstić information content (AvgIpc) is 3.49. The summed E-state index contributed by atoms with van der Waals surface area (Å²) in [6, 6.07) is 7.99. The SMILES string of the molecule is C=C/C=C(/c1ccccn1)c1cc(-c2n[nH]c(=C)/c2=C\C(=C/C)c2cnn(C)c2)[nH]c1C. The Hall–Kier alpha value is -4.19. The zero-order chi connectivity index (χ0) is 22.7. The Morgan fingerprint density at radius 2 is 2.09 bits per heavy atom. The van der Waals surface area contributed by atoms with Crippen molar-refractivity contribution in [3.8, 4) is 11.4 Å². The fourth-order valence-corrected chi connectivity index (χ4v) is 3.73. The van der Waals surface area contributed by atoms with E-state index in [9.17, 15) is 0 Å². The van der Waals surface area contributed by atoms with Gasteiger partial charge < -0.3 is 4.98 Å². The third-order valence-electron chi connectivity index (χ3n) is 5.32. The van der Waals surface area contributed by atoms with Crippen LogP contribution in [0.15, 0.2) is 67.7 Å². The van der Waals surface area contributed by atoms with Crippen LogP contribution in [0.1, 0.15) is 29.4 Å². The summed E-state index contributed by atoms with van der Waals surface area (Å²) in [7, 11) is 1.91. The van der Waals surface area contributed by atoms with Crippen LogP contribution in [0.5, 0.6) is 0 Å². The molecule has 0 aliphatic carbocycles. The van der Waals surface area contributed by atoms with Gasteiger partial charge >= 0.3 is 0 Å². The summed E-state index contributed by atoms with van der Waals surface area (Å²) < 4.78 is 1.79. The average molecular weight is 423 g/mol. The Labute approximate surface area is 187 Å². The first-order chi connectivity index (χ1) is 15.5. The molecule has 4 rings (SSSR count). The normalized spacial score (nSPS) is 13.0. The molecule has 4 aromatic rings. The number of nitrogens with one attached hydrogen (secondary N) is 2. The molecule has 0 spiro atoms. The van der Waals surface area contributed by atoms with Crippen LogP contribution >= 0.6 is 0 Å². The fraction of sp³-hybridized carbons (Fsp3) is 0.115. The van der Waals surface area contributed by atoms with E-state index in [2.05, 4.69) is 56.6 Å². The minimum absolute atomic E-state index is 0.753. The summed E-state index contributed by atoms with van der Waals surface area (Å²) in [5.41, 5.74) is 7.77. The molecule has 4 aromatic heterocycles. The highest BCUT2D eigenvalue weighted by Crippen LogP contribution is 2.28. The molecule has 0 saturated carbocycles. The Kier molecular flexibility index (Phi) is 5.85. The highest BCUT2D eigenvalue weighted by molar-refractivity contribution is 5.89. The molecule has 0 bridgehead atoms. The summed E-state index contributed by atoms with van der Waals surface area (Å²) in [6.07, 6.45) is 13.5. The van der Waals surface area contributed by atoms with Crippen LogP contribution in [-0.4, -0.2) is 29.9 Å². The number of aromatic amines is 2. The van der Waals surface area contributed by atoms with Crippen molar-refractivity contribution in [2.45, 2.75) is 13.8 Å². The van der Waals surface area contributed by atoms with Gasteiger partial charge in [0.2, 0.25) is 0 Å². The number of allylic oxidation sites excluding steroid dienone is 4. The van der Waals surface area contributed by atoms with E-state index in [0.29, 0.717) is 0 Å². The molecule has 0 aromatic carbocycles. The highest BCUT2D eigenvalue weighted by atomic mass is 15.2. The molecule has 32 heavy (non-hydrogen) atoms. The Bertz CT molecular complexity index is 1430. The van der Waals surface area contributed by atoms with E-state index in [1.54, 1.807) is 17.0 Å². The highest BCUT2D eigenvalue weighted by Gasteiger charge is 2.15. The van der Waals surface area contributed by atoms with Gasteiger partial charge in [-0.1, -0.05) is 37.5 Å². The van der Waals surface area contributed by atoms with E-state index >= 15 is 0 Å². The van der Waals surface area contributed by atoms with Gasteiger partial charge in [-0.25, -0.2) is 0 Å². The third kappa shape index (κ3) is 4.03. The van der Waals surface area contributed by atoms with Crippen molar-refractivity contribution in [1.82, 2.24) is 29.9 Å². The quantitative estimate of drug-likeness (QED) is 0.465. The molecule has 4 heterocycles. The molecule has 0 aliphatic heterocycles. The fourth-order valence-electron chi connectivity index (χ4n) is 3.73. The van der Waals surface area contributed by atoms with Crippen LogP contribution in [0.4, 0.5) is 0 Å². The van der Waals surface area contributed by atoms with E-state index in [1.165, 1.54) is 0 Å². The first-order valence-electron chi connectivity index (χ1n) is 10.4. The lowest BCUT2D eigenvalue weighted by molar-refractivity contribution is 0.767. The maximum Gasteiger partial charge on any atom is 0.116 e. The topological polar surface area (TPSA) is 75.2 Å². The largest absolute Gasteiger partial charge is 0.357 e. The van der Waals surface area contributed by atoms with Gasteiger partial charge in [-0.15, -0.1) is 0 Å². The van der Waals surface area contributed by atoms with Gasteiger partial charge in [0.05, 0.1) is 22.9 Å². The molecular formula is C26H26N6. The monoisotopic (exact) mass is 422 g/mol. The van der Waals surface area contributed by atoms with Crippen molar-refractivity contribution in [3.63, 3.8) is 0 Å². The van der Waals surface area contributed by atoms with E-state index in [-0.39, 0.29) is 0 Å². The van der Waals surface area contributed by atoms with Crippen LogP contribution in [0.3, 0.4) is 0 Å². The zero-order valence-corrected chi connectivity index (χ0v) is 18.6. The lowest BCUT2D eigenvalue weighted by Gasteiger charge is -2.05. The molecule has 2 N–H and O–H groups in total. The molecule has 160 valence electrons. The smallest absolute Gasteiger partial charge is 0.116 e. The second-order valence-electron chi connectivity index (χ2n) is 7.51. The van der Waals surface area contributed by atoms with E-state index < -0.39 is 0 Å². The van der Waals surface area contributed by atoms with Gasteiger partial charge in [-0.05, 0) is 43.7 Å². The Morgan fingerprint density at radius 3 is 2.75 bits per heavy atom. The zero-order valence-electron chi connectivity index (χ0n) is 18.6. The lowest BCUT2D eigenvalue weighted by atomic mass is 10.0. The van der Waals surface area contributed by atoms with Gasteiger partial charge in [0, 0.05) is 47.1 Å². The van der Waals surface area contributed by atoms with Gasteiger partial charge in [0.15, 0.2) is 0 Å². The summed E-state index contributed by atoms with van der Waals surface area (Å²) in [5.74, 6) is 0. The first kappa shape index (κ1) is 21.1. The molecule has 0 atom stereocenters. The summed E-state index contributed by atoms with van der Waals surface area (Å²) in [5, 5.41) is 13.6. The van der Waals surface area contributed by atoms with Crippen molar-refractivity contribution in [3.05, 3.63) is 101 Å². The van der Waals surface area contributed by atoms with Crippen LogP contribution in [-0.2, 0) is 7.05 Å². The molecule has 0 amide bonds. The van der Waals surface area contributed by atoms with E-state index in [4.69, 9.17) is 0 Å². The molecule has 0 saturated heterocycles. The standard InChI is InChI=1S/C26H26N6/c1-6-10-21(24-11-8-9-12-27-24)22-14-25(29-17(22)3)26-23(18(4)30-31-26)13-19(7-2)20-15-28-32(5)16-20/h6-16,29-30H,1,4H2,2-3,5H3/b19-7+,21-10+,23-13+. The molecule has 6 nitrogen and oxygen atoms in total. The van der Waals surface area contributed by atoms with E-state index in [0.717, 1.165) is 55.6 Å². The molecule has 0 unspecified atom stereocenters. The van der Waals surface area contributed by atoms with Crippen molar-refractivity contribution in [1.29, 1.82) is 0 Å². The van der Waals surface area contributed by atoms with Crippen molar-refractivity contribution >= 4 is 23.8 Å². The predicted molar refractivity (Wildman–Crippen MR) is 131 cm³/mol. The number of aryl methyl sites for hydroxylation is 2. The Balaban J connectivity index is 1.83. The molecular weight excluding hydrogens is 396 g/mol. The van der Waals surface area contributed by atoms with E-state index in [1.807, 2.05) is 57.6 Å². The van der Waals surface area contributed by atoms with Crippen molar-refractivity contribution < 1.29 is 0 Å². The van der Waals surface area contributed by atoms with Gasteiger partial charge in [0.1, 0.15) is 5.69 Å². The Morgan fingerprint density at radius 1 is 1.25 bits per heavy atom. The van der Waals surface area contributed by atoms with Crippen LogP contribution in [0, 0.1) is 6.92 Å². The number of hydrogen-bond donors (Lipinski definition) is 2. The van der Waals surface area contributed by atoms with Gasteiger partial charge in [0.25, 0.3) is 0 Å². The number of aromatic nitrogens is 6. The van der Waals surface area contributed by atoms with Gasteiger partial charge in [-0.3, -0.25) is 14.8 Å². The van der Waals surface area contributed by atoms with Crippen molar-refractivity contribution in [2.75, 3.05) is 0 Å². The molecule has 6 heteroatoms. The number of pyridine rings is 1. The minimum Gasteiger partial charge on any atom is -0.357 e. The van der Waals surface area contributed by atoms with Crippen LogP contribution in [0.2, 0.25) is 0 Å². The maximum absolute atomic E-state index is 4.55. The molecule has 0 fully saturated rings. The first-order valence-corrected chi connectivity index (χ1v) is 10.4. The van der Waals surface area contributed by atoms with Crippen LogP contribution in [0.25, 0.3) is 35.2 Å². The summed E-state index contributed by atoms with van der Waals surface area (Å²) in [4.78, 5) is 8.01. The summed E-state index contributed by atoms with van der Waals surface area (Å²) >= 11 is 0. The lowest BCUT2D eigenvalue weighted by Crippen LogP contribution is -2.22. The number of nitrogens with zero attached hydrogens (tertiary/aromatic N) is 4. The number of rotatable bonds is 6. The number of hydrogen-bond acceptors (Lipinski definition) is 3.